The minimum Gasteiger partial charge on any atom is -0.351 e. The van der Waals surface area contributed by atoms with Gasteiger partial charge in [0, 0.05) is 23.6 Å². The molecule has 2 rings (SSSR count). The Morgan fingerprint density at radius 2 is 2.22 bits per heavy atom. The van der Waals surface area contributed by atoms with Crippen molar-refractivity contribution in [1.29, 1.82) is 0 Å². The van der Waals surface area contributed by atoms with Crippen molar-refractivity contribution in [2.24, 2.45) is 11.7 Å². The second-order valence-corrected chi connectivity index (χ2v) is 6.72. The Hall–Kier alpha value is -1.40. The first kappa shape index (κ1) is 17.9. The summed E-state index contributed by atoms with van der Waals surface area (Å²) in [6, 6.07) is 7.51. The number of benzene rings is 1. The molecule has 1 aliphatic heterocycles. The summed E-state index contributed by atoms with van der Waals surface area (Å²) in [4.78, 5) is 26.7. The molecule has 0 aromatic heterocycles. The second kappa shape index (κ2) is 8.45. The Labute approximate surface area is 145 Å². The molecule has 2 atom stereocenters. The molecule has 2 amide bonds. The fraction of sp³-hybridized carbons (Fsp3) is 0.529. The highest BCUT2D eigenvalue weighted by molar-refractivity contribution is 9.10. The summed E-state index contributed by atoms with van der Waals surface area (Å²) >= 11 is 3.46. The van der Waals surface area contributed by atoms with Gasteiger partial charge in [-0.1, -0.05) is 31.9 Å². The lowest BCUT2D eigenvalue weighted by molar-refractivity contribution is -0.132. The zero-order valence-corrected chi connectivity index (χ0v) is 15.0. The number of hydrogen-bond donors (Lipinski definition) is 2. The van der Waals surface area contributed by atoms with Crippen molar-refractivity contribution >= 4 is 33.4 Å². The monoisotopic (exact) mass is 381 g/mol. The van der Waals surface area contributed by atoms with Crippen LogP contribution in [0.4, 0.5) is 5.69 Å². The van der Waals surface area contributed by atoms with E-state index in [0.717, 1.165) is 29.4 Å². The first-order valence-electron chi connectivity index (χ1n) is 8.14. The standard InChI is InChI=1S/C17H24BrN3O2/c1-2-3-6-12(11-19)20-16(22)13-9-10-21(17(13)23)15-8-5-4-7-14(15)18/h4-5,7-8,12-13H,2-3,6,9-11,19H2,1H3,(H,20,22). The zero-order valence-electron chi connectivity index (χ0n) is 13.4. The lowest BCUT2D eigenvalue weighted by Crippen LogP contribution is -2.45. The van der Waals surface area contributed by atoms with Gasteiger partial charge in [-0.2, -0.15) is 0 Å². The number of amides is 2. The van der Waals surface area contributed by atoms with Crippen LogP contribution in [-0.4, -0.2) is 30.9 Å². The zero-order chi connectivity index (χ0) is 16.8. The van der Waals surface area contributed by atoms with E-state index in [9.17, 15) is 9.59 Å². The highest BCUT2D eigenvalue weighted by atomic mass is 79.9. The molecule has 1 aromatic rings. The van der Waals surface area contributed by atoms with Crippen molar-refractivity contribution in [2.45, 2.75) is 38.6 Å². The number of para-hydroxylation sites is 1. The number of carbonyl (C=O) groups excluding carboxylic acids is 2. The number of nitrogens with one attached hydrogen (secondary N) is 1. The number of unbranched alkanes of at least 4 members (excludes halogenated alkanes) is 1. The average Bonchev–Trinajstić information content (AvgIpc) is 2.93. The van der Waals surface area contributed by atoms with Gasteiger partial charge in [0.2, 0.25) is 11.8 Å². The lowest BCUT2D eigenvalue weighted by Gasteiger charge is -2.20. The minimum absolute atomic E-state index is 0.0484. The molecule has 6 heteroatoms. The molecular weight excluding hydrogens is 358 g/mol. The Morgan fingerprint density at radius 1 is 1.48 bits per heavy atom. The van der Waals surface area contributed by atoms with Crippen molar-refractivity contribution < 1.29 is 9.59 Å². The largest absolute Gasteiger partial charge is 0.351 e. The molecule has 2 unspecified atom stereocenters. The molecule has 0 saturated carbocycles. The number of halogens is 1. The van der Waals surface area contributed by atoms with Crippen LogP contribution in [0.25, 0.3) is 0 Å². The number of anilines is 1. The number of carbonyl (C=O) groups is 2. The van der Waals surface area contributed by atoms with E-state index in [1.54, 1.807) is 4.90 Å². The molecule has 1 heterocycles. The van der Waals surface area contributed by atoms with Gasteiger partial charge in [-0.3, -0.25) is 9.59 Å². The van der Waals surface area contributed by atoms with Gasteiger partial charge < -0.3 is 16.0 Å². The van der Waals surface area contributed by atoms with Gasteiger partial charge in [0.15, 0.2) is 0 Å². The summed E-state index contributed by atoms with van der Waals surface area (Å²) in [5.74, 6) is -0.949. The summed E-state index contributed by atoms with van der Waals surface area (Å²) in [7, 11) is 0. The van der Waals surface area contributed by atoms with Crippen LogP contribution in [0.1, 0.15) is 32.6 Å². The highest BCUT2D eigenvalue weighted by Gasteiger charge is 2.38. The maximum atomic E-state index is 12.6. The predicted octanol–water partition coefficient (Wildman–Crippen LogP) is 2.44. The van der Waals surface area contributed by atoms with Crippen LogP contribution in [0.5, 0.6) is 0 Å². The third kappa shape index (κ3) is 4.32. The fourth-order valence-electron chi connectivity index (χ4n) is 2.83. The maximum Gasteiger partial charge on any atom is 0.239 e. The summed E-state index contributed by atoms with van der Waals surface area (Å²) in [6.07, 6.45) is 3.47. The maximum absolute atomic E-state index is 12.6. The topological polar surface area (TPSA) is 75.4 Å². The molecule has 5 nitrogen and oxygen atoms in total. The van der Waals surface area contributed by atoms with E-state index in [0.29, 0.717) is 19.5 Å². The molecule has 0 spiro atoms. The molecule has 126 valence electrons. The lowest BCUT2D eigenvalue weighted by atomic mass is 10.1. The van der Waals surface area contributed by atoms with E-state index in [4.69, 9.17) is 5.73 Å². The number of nitrogens with zero attached hydrogens (tertiary/aromatic N) is 1. The molecule has 1 fully saturated rings. The third-order valence-corrected chi connectivity index (χ3v) is 4.87. The first-order valence-corrected chi connectivity index (χ1v) is 8.94. The molecule has 3 N–H and O–H groups in total. The molecule has 0 aliphatic carbocycles. The van der Waals surface area contributed by atoms with Gasteiger partial charge in [0.05, 0.1) is 5.69 Å². The highest BCUT2D eigenvalue weighted by Crippen LogP contribution is 2.31. The predicted molar refractivity (Wildman–Crippen MR) is 95.1 cm³/mol. The summed E-state index contributed by atoms with van der Waals surface area (Å²) in [5.41, 5.74) is 6.53. The molecule has 23 heavy (non-hydrogen) atoms. The molecule has 0 radical (unpaired) electrons. The smallest absolute Gasteiger partial charge is 0.239 e. The Morgan fingerprint density at radius 3 is 2.87 bits per heavy atom. The molecule has 1 aliphatic rings. The molecule has 1 aromatic carbocycles. The van der Waals surface area contributed by atoms with Crippen LogP contribution >= 0.6 is 15.9 Å². The Bertz CT molecular complexity index is 565. The summed E-state index contributed by atoms with van der Waals surface area (Å²) in [5, 5.41) is 2.94. The van der Waals surface area contributed by atoms with Crippen LogP contribution in [0.3, 0.4) is 0 Å². The summed E-state index contributed by atoms with van der Waals surface area (Å²) < 4.78 is 0.859. The van der Waals surface area contributed by atoms with Gasteiger partial charge >= 0.3 is 0 Å². The van der Waals surface area contributed by atoms with Gasteiger partial charge in [-0.25, -0.2) is 0 Å². The second-order valence-electron chi connectivity index (χ2n) is 5.87. The van der Waals surface area contributed by atoms with E-state index in [-0.39, 0.29) is 17.9 Å². The van der Waals surface area contributed by atoms with Crippen molar-refractivity contribution in [1.82, 2.24) is 5.32 Å². The number of rotatable bonds is 7. The van der Waals surface area contributed by atoms with Crippen LogP contribution in [0.15, 0.2) is 28.7 Å². The number of hydrogen-bond acceptors (Lipinski definition) is 3. The SMILES string of the molecule is CCCCC(CN)NC(=O)C1CCN(c2ccccc2Br)C1=O. The minimum atomic E-state index is -0.613. The first-order chi connectivity index (χ1) is 11.1. The quantitative estimate of drug-likeness (QED) is 0.712. The molecule has 1 saturated heterocycles. The van der Waals surface area contributed by atoms with Crippen LogP contribution in [0.2, 0.25) is 0 Å². The Balaban J connectivity index is 2.01. The number of nitrogens with two attached hydrogens (primary N) is 1. The Kier molecular flexibility index (Phi) is 6.59. The van der Waals surface area contributed by atoms with E-state index in [2.05, 4.69) is 28.2 Å². The average molecular weight is 382 g/mol. The van der Waals surface area contributed by atoms with Crippen molar-refractivity contribution in [3.8, 4) is 0 Å². The van der Waals surface area contributed by atoms with Crippen LogP contribution in [0, 0.1) is 5.92 Å². The van der Waals surface area contributed by atoms with Gasteiger partial charge in [0.1, 0.15) is 5.92 Å². The van der Waals surface area contributed by atoms with E-state index < -0.39 is 5.92 Å². The van der Waals surface area contributed by atoms with Crippen molar-refractivity contribution in [3.63, 3.8) is 0 Å². The third-order valence-electron chi connectivity index (χ3n) is 4.20. The van der Waals surface area contributed by atoms with Crippen LogP contribution < -0.4 is 16.0 Å². The normalized spacial score (nSPS) is 19.0. The molecule has 0 bridgehead atoms. The van der Waals surface area contributed by atoms with Gasteiger partial charge in [0.25, 0.3) is 0 Å². The fourth-order valence-corrected chi connectivity index (χ4v) is 3.33. The molecular formula is C17H24BrN3O2. The van der Waals surface area contributed by atoms with Crippen molar-refractivity contribution in [2.75, 3.05) is 18.0 Å². The van der Waals surface area contributed by atoms with Crippen LogP contribution in [-0.2, 0) is 9.59 Å². The van der Waals surface area contributed by atoms with Gasteiger partial charge in [-0.05, 0) is 40.9 Å². The summed E-state index contributed by atoms with van der Waals surface area (Å²) in [6.45, 7) is 3.06. The van der Waals surface area contributed by atoms with E-state index in [1.807, 2.05) is 24.3 Å². The van der Waals surface area contributed by atoms with Crippen molar-refractivity contribution in [3.05, 3.63) is 28.7 Å². The van der Waals surface area contributed by atoms with E-state index in [1.165, 1.54) is 0 Å². The van der Waals surface area contributed by atoms with E-state index >= 15 is 0 Å². The van der Waals surface area contributed by atoms with Gasteiger partial charge in [-0.15, -0.1) is 0 Å².